The molecule has 0 aliphatic heterocycles. The molecule has 0 atom stereocenters. The van der Waals surface area contributed by atoms with Gasteiger partial charge in [0.15, 0.2) is 5.69 Å². The summed E-state index contributed by atoms with van der Waals surface area (Å²) in [4.78, 5) is 16.1. The molecule has 0 spiro atoms. The van der Waals surface area contributed by atoms with Crippen LogP contribution in [0.1, 0.15) is 10.4 Å². The number of esters is 1. The van der Waals surface area contributed by atoms with Gasteiger partial charge < -0.3 is 4.74 Å². The van der Waals surface area contributed by atoms with Gasteiger partial charge in [0.25, 0.3) is 0 Å². The van der Waals surface area contributed by atoms with Crippen molar-refractivity contribution < 1.29 is 19.8 Å². The summed E-state index contributed by atoms with van der Waals surface area (Å²) in [5.41, 5.74) is 2.49. The van der Waals surface area contributed by atoms with Gasteiger partial charge in [0, 0.05) is 11.1 Å². The van der Waals surface area contributed by atoms with Crippen LogP contribution in [0.25, 0.3) is 0 Å². The fraction of sp³-hybridized carbons (Fsp3) is 0.222. The summed E-state index contributed by atoms with van der Waals surface area (Å²) >= 11 is 5.76. The lowest BCUT2D eigenvalue weighted by Crippen LogP contribution is -2.76. The van der Waals surface area contributed by atoms with Gasteiger partial charge in [0.1, 0.15) is 5.56 Å². The van der Waals surface area contributed by atoms with Crippen molar-refractivity contribution in [2.45, 2.75) is 0 Å². The van der Waals surface area contributed by atoms with E-state index in [0.717, 1.165) is 0 Å². The second kappa shape index (κ2) is 4.95. The number of hydrogen-bond acceptors (Lipinski definition) is 3. The standard InChI is InChI=1S/C9H10ClNO3/c1-13-9(12)7-5-6(10)3-4-8(7)11-14-2/h3-5,11H,1-2H3/p+1. The quantitative estimate of drug-likeness (QED) is 0.464. The van der Waals surface area contributed by atoms with Crippen molar-refractivity contribution >= 4 is 23.3 Å². The van der Waals surface area contributed by atoms with Gasteiger partial charge in [-0.25, -0.2) is 9.63 Å². The maximum absolute atomic E-state index is 11.3. The van der Waals surface area contributed by atoms with Crippen LogP contribution in [-0.2, 0) is 9.57 Å². The lowest BCUT2D eigenvalue weighted by atomic mass is 10.2. The van der Waals surface area contributed by atoms with Crippen LogP contribution in [0, 0.1) is 0 Å². The second-order valence-corrected chi connectivity index (χ2v) is 3.01. The Kier molecular flexibility index (Phi) is 3.88. The van der Waals surface area contributed by atoms with Gasteiger partial charge in [0.05, 0.1) is 14.2 Å². The molecule has 1 rings (SSSR count). The smallest absolute Gasteiger partial charge is 0.344 e. The minimum absolute atomic E-state index is 0.391. The van der Waals surface area contributed by atoms with Crippen molar-refractivity contribution in [2.75, 3.05) is 14.2 Å². The van der Waals surface area contributed by atoms with Gasteiger partial charge >= 0.3 is 5.97 Å². The van der Waals surface area contributed by atoms with E-state index in [4.69, 9.17) is 16.4 Å². The molecule has 0 aliphatic rings. The van der Waals surface area contributed by atoms with Crippen LogP contribution in [0.5, 0.6) is 0 Å². The van der Waals surface area contributed by atoms with Crippen molar-refractivity contribution in [1.82, 2.24) is 0 Å². The largest absolute Gasteiger partial charge is 0.465 e. The molecule has 0 aromatic heterocycles. The first-order chi connectivity index (χ1) is 6.69. The number of methoxy groups -OCH3 is 1. The minimum Gasteiger partial charge on any atom is -0.465 e. The monoisotopic (exact) mass is 216 g/mol. The van der Waals surface area contributed by atoms with Gasteiger partial charge in [-0.1, -0.05) is 11.6 Å². The molecule has 0 unspecified atom stereocenters. The van der Waals surface area contributed by atoms with E-state index in [0.29, 0.717) is 16.3 Å². The molecule has 0 radical (unpaired) electrons. The predicted octanol–water partition coefficient (Wildman–Crippen LogP) is 0.883. The number of halogens is 1. The van der Waals surface area contributed by atoms with E-state index in [1.807, 2.05) is 0 Å². The molecule has 14 heavy (non-hydrogen) atoms. The normalized spacial score (nSPS) is 9.93. The van der Waals surface area contributed by atoms with Crippen LogP contribution in [0.15, 0.2) is 18.2 Å². The maximum Gasteiger partial charge on any atom is 0.344 e. The molecule has 1 aromatic carbocycles. The van der Waals surface area contributed by atoms with Gasteiger partial charge in [-0.05, 0) is 12.1 Å². The highest BCUT2D eigenvalue weighted by atomic mass is 35.5. The van der Waals surface area contributed by atoms with E-state index in [2.05, 4.69) is 4.74 Å². The third-order valence-electron chi connectivity index (χ3n) is 1.67. The van der Waals surface area contributed by atoms with Crippen molar-refractivity contribution in [2.24, 2.45) is 0 Å². The Morgan fingerprint density at radius 2 is 2.14 bits per heavy atom. The first kappa shape index (κ1) is 11.0. The Labute approximate surface area is 86.7 Å². The zero-order valence-corrected chi connectivity index (χ0v) is 8.67. The molecule has 0 fully saturated rings. The molecule has 4 nitrogen and oxygen atoms in total. The van der Waals surface area contributed by atoms with E-state index in [9.17, 15) is 4.79 Å². The Morgan fingerprint density at radius 3 is 2.71 bits per heavy atom. The maximum atomic E-state index is 11.3. The highest BCUT2D eigenvalue weighted by Crippen LogP contribution is 2.17. The molecule has 0 saturated carbocycles. The number of carbonyl (C=O) groups excluding carboxylic acids is 1. The molecule has 0 bridgehead atoms. The highest BCUT2D eigenvalue weighted by molar-refractivity contribution is 6.31. The number of rotatable bonds is 3. The summed E-state index contributed by atoms with van der Waals surface area (Å²) in [6.45, 7) is 0. The zero-order chi connectivity index (χ0) is 10.6. The lowest BCUT2D eigenvalue weighted by molar-refractivity contribution is -0.830. The molecule has 0 heterocycles. The number of carbonyl (C=O) groups is 1. The van der Waals surface area contributed by atoms with Crippen LogP contribution < -0.4 is 5.48 Å². The van der Waals surface area contributed by atoms with Crippen LogP contribution in [0.4, 0.5) is 5.69 Å². The molecule has 5 heteroatoms. The number of ether oxygens (including phenoxy) is 1. The van der Waals surface area contributed by atoms with Crippen molar-refractivity contribution in [3.05, 3.63) is 28.8 Å². The van der Waals surface area contributed by atoms with Crippen molar-refractivity contribution in [3.63, 3.8) is 0 Å². The Bertz CT molecular complexity index is 341. The summed E-state index contributed by atoms with van der Waals surface area (Å²) in [5, 5.41) is 0.485. The molecule has 1 aromatic rings. The summed E-state index contributed by atoms with van der Waals surface area (Å²) in [7, 11) is 2.83. The SMILES string of the molecule is CO[NH2+]c1ccc(Cl)cc1C(=O)OC. The van der Waals surface area contributed by atoms with Gasteiger partial charge in [-0.3, -0.25) is 0 Å². The summed E-state index contributed by atoms with van der Waals surface area (Å²) in [6.07, 6.45) is 0. The third-order valence-corrected chi connectivity index (χ3v) is 1.90. The average Bonchev–Trinajstić information content (AvgIpc) is 2.20. The van der Waals surface area contributed by atoms with Crippen molar-refractivity contribution in [3.8, 4) is 0 Å². The Morgan fingerprint density at radius 1 is 1.43 bits per heavy atom. The van der Waals surface area contributed by atoms with Crippen molar-refractivity contribution in [1.29, 1.82) is 0 Å². The van der Waals surface area contributed by atoms with E-state index in [-0.39, 0.29) is 0 Å². The summed E-state index contributed by atoms with van der Waals surface area (Å²) in [5.74, 6) is -0.434. The van der Waals surface area contributed by atoms with E-state index < -0.39 is 5.97 Å². The predicted molar refractivity (Wildman–Crippen MR) is 51.4 cm³/mol. The molecule has 0 amide bonds. The Balaban J connectivity index is 3.08. The van der Waals surface area contributed by atoms with Crippen LogP contribution in [-0.4, -0.2) is 20.2 Å². The first-order valence-corrected chi connectivity index (χ1v) is 4.30. The molecule has 2 N–H and O–H groups in total. The summed E-state index contributed by atoms with van der Waals surface area (Å²) in [6, 6.07) is 4.91. The number of quaternary nitrogens is 1. The number of hydrogen-bond donors (Lipinski definition) is 1. The highest BCUT2D eigenvalue weighted by Gasteiger charge is 2.15. The summed E-state index contributed by atoms with van der Waals surface area (Å²) < 4.78 is 4.61. The second-order valence-electron chi connectivity index (χ2n) is 2.58. The lowest BCUT2D eigenvalue weighted by Gasteiger charge is -2.03. The van der Waals surface area contributed by atoms with E-state index in [1.165, 1.54) is 25.8 Å². The number of nitrogens with two attached hydrogens (primary N) is 1. The van der Waals surface area contributed by atoms with E-state index >= 15 is 0 Å². The van der Waals surface area contributed by atoms with Gasteiger partial charge in [-0.15, -0.1) is 0 Å². The van der Waals surface area contributed by atoms with Crippen LogP contribution in [0.2, 0.25) is 5.02 Å². The fourth-order valence-corrected chi connectivity index (χ4v) is 1.22. The van der Waals surface area contributed by atoms with E-state index in [1.54, 1.807) is 12.1 Å². The fourth-order valence-electron chi connectivity index (χ4n) is 1.04. The van der Waals surface area contributed by atoms with Crippen LogP contribution >= 0.6 is 11.6 Å². The number of benzene rings is 1. The molecule has 0 aliphatic carbocycles. The van der Waals surface area contributed by atoms with Gasteiger partial charge in [0.2, 0.25) is 0 Å². The molecular formula is C9H11ClNO3+. The first-order valence-electron chi connectivity index (χ1n) is 3.93. The molecule has 76 valence electrons. The molecule has 0 saturated heterocycles. The Hall–Kier alpha value is -1.10. The molecular weight excluding hydrogens is 206 g/mol. The minimum atomic E-state index is -0.434. The average molecular weight is 217 g/mol. The van der Waals surface area contributed by atoms with Crippen LogP contribution in [0.3, 0.4) is 0 Å². The third kappa shape index (κ3) is 2.45. The van der Waals surface area contributed by atoms with Gasteiger partial charge in [-0.2, -0.15) is 5.48 Å². The zero-order valence-electron chi connectivity index (χ0n) is 7.91. The topological polar surface area (TPSA) is 52.1 Å².